The quantitative estimate of drug-likeness (QED) is 0.299. The summed E-state index contributed by atoms with van der Waals surface area (Å²) in [5.74, 6) is -0.842. The fraction of sp³-hybridized carbons (Fsp3) is 0.333. The number of anilines is 1. The number of urea groups is 1. The van der Waals surface area contributed by atoms with Gasteiger partial charge in [0, 0.05) is 18.3 Å². The van der Waals surface area contributed by atoms with Gasteiger partial charge in [-0.05, 0) is 18.6 Å². The summed E-state index contributed by atoms with van der Waals surface area (Å²) >= 11 is 0. The number of nitrogens with one attached hydrogen (secondary N) is 1. The van der Waals surface area contributed by atoms with Crippen LogP contribution in [0.3, 0.4) is 0 Å². The van der Waals surface area contributed by atoms with Gasteiger partial charge in [-0.1, -0.05) is 6.07 Å². The Morgan fingerprint density at radius 1 is 1.39 bits per heavy atom. The molecule has 0 aliphatic carbocycles. The third kappa shape index (κ3) is 3.17. The molecule has 0 spiro atoms. The number of aromatic hydroxyl groups is 1. The Labute approximate surface area is 155 Å². The molecular formula is C12H14N3NaO6S. The topological polar surface area (TPSA) is 127 Å². The summed E-state index contributed by atoms with van der Waals surface area (Å²) in [6.45, 7) is 0.192. The SMILES string of the molecule is O=C(Nc1cccc(O)c1)N1CC[C@@H]2[C@H]1C(=O)N2S(=O)(=O)O.[H-].[Na+]. The smallest absolute Gasteiger partial charge is 1.00 e. The number of β-lactam (4-membered cyclic amide) rings is 1. The summed E-state index contributed by atoms with van der Waals surface area (Å²) in [6, 6.07) is 3.72. The zero-order chi connectivity index (χ0) is 16.1. The molecule has 120 valence electrons. The number of carbonyl (C=O) groups excluding carboxylic acids is 2. The van der Waals surface area contributed by atoms with Gasteiger partial charge in [0.1, 0.15) is 11.8 Å². The average molecular weight is 351 g/mol. The number of fused-ring (bicyclic) bond motifs is 1. The molecule has 2 atom stereocenters. The molecule has 2 heterocycles. The normalized spacial score (nSPS) is 22.9. The molecule has 2 aliphatic rings. The van der Waals surface area contributed by atoms with Gasteiger partial charge in [-0.3, -0.25) is 9.35 Å². The van der Waals surface area contributed by atoms with Gasteiger partial charge in [-0.25, -0.2) is 9.10 Å². The van der Waals surface area contributed by atoms with E-state index in [2.05, 4.69) is 5.32 Å². The van der Waals surface area contributed by atoms with E-state index in [4.69, 9.17) is 4.55 Å². The van der Waals surface area contributed by atoms with Gasteiger partial charge >= 0.3 is 45.9 Å². The zero-order valence-corrected chi connectivity index (χ0v) is 15.0. The number of carbonyl (C=O) groups is 2. The van der Waals surface area contributed by atoms with Crippen molar-refractivity contribution in [3.8, 4) is 5.75 Å². The molecule has 1 aromatic rings. The van der Waals surface area contributed by atoms with Crippen LogP contribution in [0.2, 0.25) is 0 Å². The molecule has 2 aliphatic heterocycles. The molecule has 3 N–H and O–H groups in total. The fourth-order valence-electron chi connectivity index (χ4n) is 2.82. The van der Waals surface area contributed by atoms with E-state index in [1.165, 1.54) is 17.0 Å². The third-order valence-corrected chi connectivity index (χ3v) is 4.69. The third-order valence-electron chi connectivity index (χ3n) is 3.74. The molecule has 0 radical (unpaired) electrons. The average Bonchev–Trinajstić information content (AvgIpc) is 2.75. The maximum absolute atomic E-state index is 12.2. The molecule has 0 aromatic heterocycles. The van der Waals surface area contributed by atoms with Gasteiger partial charge < -0.3 is 16.7 Å². The molecule has 0 saturated carbocycles. The predicted octanol–water partition coefficient (Wildman–Crippen LogP) is -2.87. The molecule has 3 rings (SSSR count). The minimum Gasteiger partial charge on any atom is -1.00 e. The molecule has 11 heteroatoms. The number of likely N-dealkylation sites (tertiary alicyclic amines) is 1. The first-order valence-electron chi connectivity index (χ1n) is 6.46. The van der Waals surface area contributed by atoms with Crippen LogP contribution in [0.25, 0.3) is 0 Å². The summed E-state index contributed by atoms with van der Waals surface area (Å²) in [7, 11) is -4.59. The van der Waals surface area contributed by atoms with Crippen molar-refractivity contribution in [1.29, 1.82) is 0 Å². The second-order valence-corrected chi connectivity index (χ2v) is 6.38. The standard InChI is InChI=1S/C12H13N3O6S.Na.H/c16-8-3-1-2-7(6-8)13-12(18)14-5-4-9-10(14)11(17)15(9)22(19,20)21;;/h1-3,6,9-10,16H,4-5H2,(H,13,18)(H,19,20,21);;/q;+1;-1/t9-,10+;;/m1../s1. The van der Waals surface area contributed by atoms with E-state index in [-0.39, 0.29) is 49.7 Å². The molecule has 0 unspecified atom stereocenters. The van der Waals surface area contributed by atoms with Crippen LogP contribution in [0.15, 0.2) is 24.3 Å². The van der Waals surface area contributed by atoms with E-state index in [9.17, 15) is 23.1 Å². The summed E-state index contributed by atoms with van der Waals surface area (Å²) in [4.78, 5) is 25.2. The first-order valence-corrected chi connectivity index (χ1v) is 7.86. The first kappa shape index (κ1) is 18.0. The Bertz CT molecular complexity index is 761. The van der Waals surface area contributed by atoms with Crippen molar-refractivity contribution in [1.82, 2.24) is 9.21 Å². The Hall–Kier alpha value is -1.33. The summed E-state index contributed by atoms with van der Waals surface area (Å²) in [6.07, 6.45) is 0.268. The predicted molar refractivity (Wildman–Crippen MR) is 75.5 cm³/mol. The second-order valence-electron chi connectivity index (χ2n) is 5.09. The Kier molecular flexibility index (Phi) is 4.92. The van der Waals surface area contributed by atoms with Crippen molar-refractivity contribution in [3.05, 3.63) is 24.3 Å². The van der Waals surface area contributed by atoms with Crippen molar-refractivity contribution in [3.63, 3.8) is 0 Å². The van der Waals surface area contributed by atoms with Crippen molar-refractivity contribution in [2.45, 2.75) is 18.5 Å². The number of amides is 3. The van der Waals surface area contributed by atoms with Crippen molar-refractivity contribution in [2.24, 2.45) is 0 Å². The molecule has 3 amide bonds. The van der Waals surface area contributed by atoms with Crippen LogP contribution in [0.4, 0.5) is 10.5 Å². The van der Waals surface area contributed by atoms with Gasteiger partial charge in [-0.2, -0.15) is 8.42 Å². The number of hydrogen-bond donors (Lipinski definition) is 3. The summed E-state index contributed by atoms with van der Waals surface area (Å²) in [5.41, 5.74) is 0.354. The van der Waals surface area contributed by atoms with Gasteiger partial charge in [0.25, 0.3) is 5.91 Å². The number of phenolic OH excluding ortho intramolecular Hbond substituents is 1. The number of rotatable bonds is 2. The Morgan fingerprint density at radius 3 is 2.70 bits per heavy atom. The van der Waals surface area contributed by atoms with Gasteiger partial charge in [0.15, 0.2) is 0 Å². The van der Waals surface area contributed by atoms with Crippen LogP contribution >= 0.6 is 0 Å². The number of benzene rings is 1. The maximum atomic E-state index is 12.2. The molecular weight excluding hydrogens is 337 g/mol. The van der Waals surface area contributed by atoms with Crippen molar-refractivity contribution >= 4 is 27.9 Å². The summed E-state index contributed by atoms with van der Waals surface area (Å²) < 4.78 is 31.5. The maximum Gasteiger partial charge on any atom is 1.00 e. The molecule has 1 aromatic carbocycles. The van der Waals surface area contributed by atoms with E-state index in [0.29, 0.717) is 9.99 Å². The van der Waals surface area contributed by atoms with Gasteiger partial charge in [0.05, 0.1) is 6.04 Å². The van der Waals surface area contributed by atoms with E-state index in [1.807, 2.05) is 0 Å². The van der Waals surface area contributed by atoms with E-state index in [0.717, 1.165) is 0 Å². The molecule has 0 bridgehead atoms. The molecule has 9 nitrogen and oxygen atoms in total. The second kappa shape index (κ2) is 6.29. The Balaban J connectivity index is 0.00000144. The number of hydrogen-bond acceptors (Lipinski definition) is 5. The molecule has 2 saturated heterocycles. The minimum absolute atomic E-state index is 0. The largest absolute Gasteiger partial charge is 1.00 e. The monoisotopic (exact) mass is 351 g/mol. The van der Waals surface area contributed by atoms with E-state index in [1.54, 1.807) is 12.1 Å². The van der Waals surface area contributed by atoms with Gasteiger partial charge in [0.2, 0.25) is 0 Å². The van der Waals surface area contributed by atoms with Crippen molar-refractivity contribution < 1.29 is 58.7 Å². The molecule has 23 heavy (non-hydrogen) atoms. The zero-order valence-electron chi connectivity index (χ0n) is 13.2. The van der Waals surface area contributed by atoms with Crippen LogP contribution in [0, 0.1) is 0 Å². The van der Waals surface area contributed by atoms with E-state index >= 15 is 0 Å². The van der Waals surface area contributed by atoms with Crippen LogP contribution in [-0.4, -0.2) is 57.8 Å². The van der Waals surface area contributed by atoms with Crippen molar-refractivity contribution in [2.75, 3.05) is 11.9 Å². The minimum atomic E-state index is -4.59. The summed E-state index contributed by atoms with van der Waals surface area (Å²) in [5, 5.41) is 11.9. The van der Waals surface area contributed by atoms with Crippen LogP contribution < -0.4 is 34.9 Å². The fourth-order valence-corrected chi connectivity index (χ4v) is 3.72. The number of nitrogens with zero attached hydrogens (tertiary/aromatic N) is 2. The van der Waals surface area contributed by atoms with E-state index < -0.39 is 34.3 Å². The van der Waals surface area contributed by atoms with Crippen LogP contribution in [0.5, 0.6) is 5.75 Å². The number of phenols is 1. The van der Waals surface area contributed by atoms with Gasteiger partial charge in [-0.15, -0.1) is 0 Å². The van der Waals surface area contributed by atoms with Crippen LogP contribution in [-0.2, 0) is 15.1 Å². The first-order chi connectivity index (χ1) is 10.3. The van der Waals surface area contributed by atoms with Crippen LogP contribution in [0.1, 0.15) is 7.85 Å². The Morgan fingerprint density at radius 2 is 2.09 bits per heavy atom. The molecule has 2 fully saturated rings.